The zero-order valence-corrected chi connectivity index (χ0v) is 9.46. The first-order valence-corrected chi connectivity index (χ1v) is 5.15. The van der Waals surface area contributed by atoms with Crippen molar-refractivity contribution in [2.75, 3.05) is 13.7 Å². The quantitative estimate of drug-likeness (QED) is 0.808. The van der Waals surface area contributed by atoms with Gasteiger partial charge in [0.15, 0.2) is 0 Å². The molecule has 0 saturated carbocycles. The van der Waals surface area contributed by atoms with Crippen LogP contribution in [0.4, 0.5) is 4.39 Å². The maximum atomic E-state index is 13.0. The highest BCUT2D eigenvalue weighted by Gasteiger charge is 2.10. The second-order valence-corrected chi connectivity index (χ2v) is 3.84. The fourth-order valence-electron chi connectivity index (χ4n) is 1.39. The van der Waals surface area contributed by atoms with Crippen LogP contribution in [0.1, 0.15) is 25.5 Å². The normalized spacial score (nSPS) is 13.1. The summed E-state index contributed by atoms with van der Waals surface area (Å²) in [6.07, 6.45) is -0.0944. The van der Waals surface area contributed by atoms with Crippen molar-refractivity contribution in [3.63, 3.8) is 0 Å². The largest absolute Gasteiger partial charge is 0.375 e. The topological polar surface area (TPSA) is 21.3 Å². The zero-order chi connectivity index (χ0) is 11.3. The van der Waals surface area contributed by atoms with Crippen molar-refractivity contribution in [1.29, 1.82) is 0 Å². The summed E-state index contributed by atoms with van der Waals surface area (Å²) >= 11 is 0. The number of methoxy groups -OCH3 is 1. The number of hydrogen-bond acceptors (Lipinski definition) is 2. The molecule has 84 valence electrons. The Bertz CT molecular complexity index is 301. The van der Waals surface area contributed by atoms with Crippen LogP contribution in [-0.2, 0) is 4.74 Å². The van der Waals surface area contributed by atoms with Gasteiger partial charge < -0.3 is 10.1 Å². The minimum atomic E-state index is -0.223. The molecule has 0 radical (unpaired) electrons. The molecule has 1 aromatic rings. The van der Waals surface area contributed by atoms with Crippen LogP contribution in [0.5, 0.6) is 0 Å². The van der Waals surface area contributed by atoms with E-state index >= 15 is 0 Å². The van der Waals surface area contributed by atoms with Gasteiger partial charge in [0.1, 0.15) is 5.82 Å². The van der Waals surface area contributed by atoms with Crippen LogP contribution >= 0.6 is 0 Å². The summed E-state index contributed by atoms with van der Waals surface area (Å²) in [4.78, 5) is 0. The molecule has 0 bridgehead atoms. The van der Waals surface area contributed by atoms with Gasteiger partial charge in [-0.05, 0) is 17.7 Å². The van der Waals surface area contributed by atoms with E-state index in [-0.39, 0.29) is 11.9 Å². The summed E-state index contributed by atoms with van der Waals surface area (Å²) in [5.74, 6) is -0.223. The zero-order valence-electron chi connectivity index (χ0n) is 9.46. The Balaban J connectivity index is 2.65. The summed E-state index contributed by atoms with van der Waals surface area (Å²) in [7, 11) is 1.64. The molecule has 1 rings (SSSR count). The molecule has 15 heavy (non-hydrogen) atoms. The Labute approximate surface area is 90.4 Å². The summed E-state index contributed by atoms with van der Waals surface area (Å²) in [6, 6.07) is 6.92. The minimum absolute atomic E-state index is 0.0944. The molecule has 0 spiro atoms. The van der Waals surface area contributed by atoms with E-state index in [1.54, 1.807) is 13.2 Å². The average molecular weight is 211 g/mol. The van der Waals surface area contributed by atoms with Gasteiger partial charge in [0, 0.05) is 19.7 Å². The first kappa shape index (κ1) is 12.1. The van der Waals surface area contributed by atoms with Crippen molar-refractivity contribution in [2.24, 2.45) is 0 Å². The lowest BCUT2D eigenvalue weighted by Gasteiger charge is -2.18. The highest BCUT2D eigenvalue weighted by atomic mass is 19.1. The maximum Gasteiger partial charge on any atom is 0.123 e. The summed E-state index contributed by atoms with van der Waals surface area (Å²) in [6.45, 7) is 4.83. The Hall–Kier alpha value is -0.930. The van der Waals surface area contributed by atoms with Crippen LogP contribution in [0.25, 0.3) is 0 Å². The van der Waals surface area contributed by atoms with Gasteiger partial charge >= 0.3 is 0 Å². The fourth-order valence-corrected chi connectivity index (χ4v) is 1.39. The smallest absolute Gasteiger partial charge is 0.123 e. The maximum absolute atomic E-state index is 13.0. The van der Waals surface area contributed by atoms with Crippen LogP contribution in [-0.4, -0.2) is 19.7 Å². The van der Waals surface area contributed by atoms with Crippen LogP contribution in [0, 0.1) is 5.82 Å². The lowest BCUT2D eigenvalue weighted by molar-refractivity contribution is 0.100. The van der Waals surface area contributed by atoms with E-state index in [4.69, 9.17) is 4.74 Å². The molecule has 1 unspecified atom stereocenters. The van der Waals surface area contributed by atoms with Gasteiger partial charge in [-0.2, -0.15) is 0 Å². The van der Waals surface area contributed by atoms with Crippen LogP contribution in [0.15, 0.2) is 24.3 Å². The van der Waals surface area contributed by atoms with E-state index in [0.29, 0.717) is 12.6 Å². The van der Waals surface area contributed by atoms with Crippen LogP contribution in [0.3, 0.4) is 0 Å². The predicted molar refractivity (Wildman–Crippen MR) is 59.3 cm³/mol. The van der Waals surface area contributed by atoms with Crippen molar-refractivity contribution < 1.29 is 9.13 Å². The third-order valence-corrected chi connectivity index (χ3v) is 2.22. The minimum Gasteiger partial charge on any atom is -0.375 e. The summed E-state index contributed by atoms with van der Waals surface area (Å²) < 4.78 is 18.3. The van der Waals surface area contributed by atoms with E-state index in [1.165, 1.54) is 12.1 Å². The van der Waals surface area contributed by atoms with Crippen molar-refractivity contribution in [2.45, 2.75) is 26.0 Å². The molecule has 0 aliphatic heterocycles. The third kappa shape index (κ3) is 3.98. The Morgan fingerprint density at radius 1 is 1.40 bits per heavy atom. The second-order valence-electron chi connectivity index (χ2n) is 3.84. The molecule has 1 N–H and O–H groups in total. The third-order valence-electron chi connectivity index (χ3n) is 2.22. The first-order chi connectivity index (χ1) is 7.13. The number of benzene rings is 1. The Morgan fingerprint density at radius 3 is 2.67 bits per heavy atom. The lowest BCUT2D eigenvalue weighted by atomic mass is 10.1. The highest BCUT2D eigenvalue weighted by molar-refractivity contribution is 5.19. The number of nitrogens with one attached hydrogen (secondary N) is 1. The van der Waals surface area contributed by atoms with E-state index < -0.39 is 0 Å². The summed E-state index contributed by atoms with van der Waals surface area (Å²) in [5.41, 5.74) is 0.866. The molecule has 0 aliphatic rings. The van der Waals surface area contributed by atoms with Gasteiger partial charge in [0.25, 0.3) is 0 Å². The van der Waals surface area contributed by atoms with E-state index in [9.17, 15) is 4.39 Å². The van der Waals surface area contributed by atoms with E-state index in [2.05, 4.69) is 19.2 Å². The van der Waals surface area contributed by atoms with Crippen molar-refractivity contribution in [3.8, 4) is 0 Å². The second kappa shape index (κ2) is 5.83. The van der Waals surface area contributed by atoms with Crippen LogP contribution in [0.2, 0.25) is 0 Å². The Morgan fingerprint density at radius 2 is 2.13 bits per heavy atom. The van der Waals surface area contributed by atoms with Gasteiger partial charge in [-0.1, -0.05) is 26.0 Å². The Kier molecular flexibility index (Phi) is 4.72. The fraction of sp³-hybridized carbons (Fsp3) is 0.500. The predicted octanol–water partition coefficient (Wildman–Crippen LogP) is 2.51. The molecule has 0 aliphatic carbocycles. The van der Waals surface area contributed by atoms with Gasteiger partial charge in [-0.15, -0.1) is 0 Å². The number of hydrogen-bond donors (Lipinski definition) is 1. The molecular weight excluding hydrogens is 193 g/mol. The molecule has 1 aromatic carbocycles. The van der Waals surface area contributed by atoms with Crippen molar-refractivity contribution in [1.82, 2.24) is 5.32 Å². The monoisotopic (exact) mass is 211 g/mol. The number of ether oxygens (including phenoxy) is 1. The highest BCUT2D eigenvalue weighted by Crippen LogP contribution is 2.16. The number of rotatable bonds is 5. The molecule has 0 saturated heterocycles. The number of halogens is 1. The standard InChI is InChI=1S/C12H18FNO/c1-9(2)14-8-12(15-3)10-5-4-6-11(13)7-10/h4-7,9,12,14H,8H2,1-3H3. The molecule has 0 amide bonds. The van der Waals surface area contributed by atoms with Crippen LogP contribution < -0.4 is 5.32 Å². The molecule has 3 heteroatoms. The SMILES string of the molecule is COC(CNC(C)C)c1cccc(F)c1. The van der Waals surface area contributed by atoms with Gasteiger partial charge in [-0.25, -0.2) is 4.39 Å². The van der Waals surface area contributed by atoms with Gasteiger partial charge in [0.2, 0.25) is 0 Å². The van der Waals surface area contributed by atoms with Crippen molar-refractivity contribution >= 4 is 0 Å². The van der Waals surface area contributed by atoms with E-state index in [1.807, 2.05) is 6.07 Å². The first-order valence-electron chi connectivity index (χ1n) is 5.15. The average Bonchev–Trinajstić information content (AvgIpc) is 2.18. The van der Waals surface area contributed by atoms with E-state index in [0.717, 1.165) is 5.56 Å². The van der Waals surface area contributed by atoms with Gasteiger partial charge in [0.05, 0.1) is 6.10 Å². The lowest BCUT2D eigenvalue weighted by Crippen LogP contribution is -2.28. The molecule has 0 heterocycles. The molecule has 1 atom stereocenters. The molecular formula is C12H18FNO. The van der Waals surface area contributed by atoms with Crippen molar-refractivity contribution in [3.05, 3.63) is 35.6 Å². The molecule has 2 nitrogen and oxygen atoms in total. The molecule has 0 fully saturated rings. The molecule has 0 aromatic heterocycles. The summed E-state index contributed by atoms with van der Waals surface area (Å²) in [5, 5.41) is 3.27. The van der Waals surface area contributed by atoms with Gasteiger partial charge in [-0.3, -0.25) is 0 Å².